The third kappa shape index (κ3) is 3.97. The highest BCUT2D eigenvalue weighted by molar-refractivity contribution is 5.87. The zero-order valence-corrected chi connectivity index (χ0v) is 15.6. The Kier molecular flexibility index (Phi) is 5.21. The summed E-state index contributed by atoms with van der Waals surface area (Å²) in [5.41, 5.74) is 4.68. The molecule has 0 spiro atoms. The molecule has 6 nitrogen and oxygen atoms in total. The van der Waals surface area contributed by atoms with Gasteiger partial charge in [0.1, 0.15) is 18.1 Å². The van der Waals surface area contributed by atoms with Gasteiger partial charge in [-0.05, 0) is 51.1 Å². The molecule has 2 heterocycles. The van der Waals surface area contributed by atoms with Crippen molar-refractivity contribution >= 4 is 12.0 Å². The number of esters is 1. The number of hydrogen-bond donors (Lipinski definition) is 0. The fourth-order valence-corrected chi connectivity index (χ4v) is 2.74. The molecule has 0 aliphatic heterocycles. The molecule has 140 valence electrons. The Morgan fingerprint density at radius 3 is 2.59 bits per heavy atom. The summed E-state index contributed by atoms with van der Waals surface area (Å²) < 4.78 is 25.4. The van der Waals surface area contributed by atoms with Crippen LogP contribution < -0.4 is 0 Å². The van der Waals surface area contributed by atoms with E-state index >= 15 is 0 Å². The van der Waals surface area contributed by atoms with Gasteiger partial charge in [0.05, 0.1) is 5.69 Å². The SMILES string of the molecule is Cc1nn(C)c(C)c1/C=C/C(=O)OCc1noc(-c2ccc(F)cc2)c1C. The molecular formula is C20H20FN3O3. The highest BCUT2D eigenvalue weighted by atomic mass is 19.1. The Labute approximate surface area is 156 Å². The molecule has 0 atom stereocenters. The van der Waals surface area contributed by atoms with E-state index in [1.807, 2.05) is 27.8 Å². The number of hydrogen-bond acceptors (Lipinski definition) is 5. The fraction of sp³-hybridized carbons (Fsp3) is 0.250. The maximum atomic E-state index is 13.0. The largest absolute Gasteiger partial charge is 0.456 e. The quantitative estimate of drug-likeness (QED) is 0.504. The molecule has 27 heavy (non-hydrogen) atoms. The Bertz CT molecular complexity index is 1000. The molecule has 0 fully saturated rings. The van der Waals surface area contributed by atoms with Crippen molar-refractivity contribution in [3.05, 3.63) is 64.4 Å². The number of benzene rings is 1. The van der Waals surface area contributed by atoms with Gasteiger partial charge in [0.25, 0.3) is 0 Å². The summed E-state index contributed by atoms with van der Waals surface area (Å²) in [5.74, 6) is -0.280. The Hall–Kier alpha value is -3.22. The highest BCUT2D eigenvalue weighted by Gasteiger charge is 2.15. The summed E-state index contributed by atoms with van der Waals surface area (Å²) in [6.45, 7) is 5.62. The van der Waals surface area contributed by atoms with Gasteiger partial charge < -0.3 is 9.26 Å². The minimum Gasteiger partial charge on any atom is -0.456 e. The molecule has 0 saturated heterocycles. The molecular weight excluding hydrogens is 349 g/mol. The molecule has 0 N–H and O–H groups in total. The van der Waals surface area contributed by atoms with Crippen LogP contribution in [0.5, 0.6) is 0 Å². The molecule has 0 unspecified atom stereocenters. The summed E-state index contributed by atoms with van der Waals surface area (Å²) in [7, 11) is 1.85. The fourth-order valence-electron chi connectivity index (χ4n) is 2.74. The van der Waals surface area contributed by atoms with E-state index < -0.39 is 5.97 Å². The van der Waals surface area contributed by atoms with Gasteiger partial charge in [0.2, 0.25) is 0 Å². The van der Waals surface area contributed by atoms with Crippen LogP contribution in [0.2, 0.25) is 0 Å². The van der Waals surface area contributed by atoms with Crippen LogP contribution in [0.4, 0.5) is 4.39 Å². The first-order valence-corrected chi connectivity index (χ1v) is 8.43. The van der Waals surface area contributed by atoms with Crippen molar-refractivity contribution in [2.24, 2.45) is 7.05 Å². The lowest BCUT2D eigenvalue weighted by Gasteiger charge is -2.00. The molecule has 0 bridgehead atoms. The topological polar surface area (TPSA) is 70.2 Å². The van der Waals surface area contributed by atoms with Crippen molar-refractivity contribution in [1.29, 1.82) is 0 Å². The second-order valence-electron chi connectivity index (χ2n) is 6.24. The van der Waals surface area contributed by atoms with Gasteiger partial charge in [-0.1, -0.05) is 5.16 Å². The van der Waals surface area contributed by atoms with Gasteiger partial charge in [0, 0.05) is 35.5 Å². The number of carbonyl (C=O) groups is 1. The molecule has 0 aliphatic carbocycles. The van der Waals surface area contributed by atoms with Gasteiger partial charge in [-0.2, -0.15) is 5.10 Å². The van der Waals surface area contributed by atoms with E-state index in [-0.39, 0.29) is 12.4 Å². The van der Waals surface area contributed by atoms with Crippen LogP contribution in [-0.2, 0) is 23.2 Å². The van der Waals surface area contributed by atoms with Gasteiger partial charge in [0.15, 0.2) is 5.76 Å². The Balaban J connectivity index is 1.66. The third-order valence-corrected chi connectivity index (χ3v) is 4.43. The van der Waals surface area contributed by atoms with Crippen LogP contribution in [-0.4, -0.2) is 20.9 Å². The number of halogens is 1. The lowest BCUT2D eigenvalue weighted by atomic mass is 10.1. The maximum absolute atomic E-state index is 13.0. The van der Waals surface area contributed by atoms with Crippen LogP contribution in [0.15, 0.2) is 34.9 Å². The number of aromatic nitrogens is 3. The summed E-state index contributed by atoms with van der Waals surface area (Å²) in [4.78, 5) is 12.0. The highest BCUT2D eigenvalue weighted by Crippen LogP contribution is 2.26. The van der Waals surface area contributed by atoms with Crippen LogP contribution in [0, 0.1) is 26.6 Å². The summed E-state index contributed by atoms with van der Waals surface area (Å²) in [5, 5.41) is 8.25. The van der Waals surface area contributed by atoms with Crippen LogP contribution in [0.3, 0.4) is 0 Å². The molecule has 1 aromatic carbocycles. The average Bonchev–Trinajstić information content (AvgIpc) is 3.12. The van der Waals surface area contributed by atoms with E-state index in [4.69, 9.17) is 9.26 Å². The predicted octanol–water partition coefficient (Wildman–Crippen LogP) is 3.90. The number of nitrogens with zero attached hydrogens (tertiary/aromatic N) is 3. The zero-order valence-electron chi connectivity index (χ0n) is 15.6. The molecule has 3 rings (SSSR count). The first kappa shape index (κ1) is 18.6. The third-order valence-electron chi connectivity index (χ3n) is 4.43. The predicted molar refractivity (Wildman–Crippen MR) is 98.1 cm³/mol. The van der Waals surface area contributed by atoms with Crippen LogP contribution >= 0.6 is 0 Å². The second kappa shape index (κ2) is 7.57. The molecule has 2 aromatic heterocycles. The normalized spacial score (nSPS) is 11.3. The van der Waals surface area contributed by atoms with Crippen LogP contribution in [0.25, 0.3) is 17.4 Å². The van der Waals surface area contributed by atoms with E-state index in [0.29, 0.717) is 17.0 Å². The number of ether oxygens (including phenoxy) is 1. The summed E-state index contributed by atoms with van der Waals surface area (Å²) >= 11 is 0. The molecule has 0 aliphatic rings. The van der Waals surface area contributed by atoms with Crippen molar-refractivity contribution in [2.75, 3.05) is 0 Å². The monoisotopic (exact) mass is 369 g/mol. The van der Waals surface area contributed by atoms with Crippen molar-refractivity contribution in [3.8, 4) is 11.3 Å². The van der Waals surface area contributed by atoms with Crippen molar-refractivity contribution in [2.45, 2.75) is 27.4 Å². The van der Waals surface area contributed by atoms with E-state index in [0.717, 1.165) is 22.5 Å². The van der Waals surface area contributed by atoms with Gasteiger partial charge in [-0.15, -0.1) is 0 Å². The van der Waals surface area contributed by atoms with E-state index in [2.05, 4.69) is 10.3 Å². The van der Waals surface area contributed by atoms with Gasteiger partial charge in [-0.3, -0.25) is 4.68 Å². The van der Waals surface area contributed by atoms with Crippen LogP contribution in [0.1, 0.15) is 28.2 Å². The smallest absolute Gasteiger partial charge is 0.331 e. The Morgan fingerprint density at radius 1 is 1.26 bits per heavy atom. The molecule has 7 heteroatoms. The van der Waals surface area contributed by atoms with Crippen molar-refractivity contribution in [3.63, 3.8) is 0 Å². The first-order valence-electron chi connectivity index (χ1n) is 8.43. The summed E-state index contributed by atoms with van der Waals surface area (Å²) in [6.07, 6.45) is 3.06. The van der Waals surface area contributed by atoms with E-state index in [9.17, 15) is 9.18 Å². The molecule has 0 saturated carbocycles. The number of aryl methyl sites for hydroxylation is 2. The minimum atomic E-state index is -0.483. The summed E-state index contributed by atoms with van der Waals surface area (Å²) in [6, 6.07) is 5.92. The number of rotatable bonds is 5. The lowest BCUT2D eigenvalue weighted by molar-refractivity contribution is -0.139. The second-order valence-corrected chi connectivity index (χ2v) is 6.24. The maximum Gasteiger partial charge on any atom is 0.331 e. The van der Waals surface area contributed by atoms with Gasteiger partial charge in [-0.25, -0.2) is 9.18 Å². The minimum absolute atomic E-state index is 0.00922. The van der Waals surface area contributed by atoms with Crippen molar-refractivity contribution in [1.82, 2.24) is 14.9 Å². The van der Waals surface area contributed by atoms with Gasteiger partial charge >= 0.3 is 5.97 Å². The molecule has 0 amide bonds. The first-order chi connectivity index (χ1) is 12.9. The number of carbonyl (C=O) groups excluding carboxylic acids is 1. The zero-order chi connectivity index (χ0) is 19.6. The lowest BCUT2D eigenvalue weighted by Crippen LogP contribution is -2.02. The standard InChI is InChI=1S/C20H20FN3O3/c1-12-18(23-27-20(12)15-5-7-16(21)8-6-15)11-26-19(25)10-9-17-13(2)22-24(4)14(17)3/h5-10H,11H2,1-4H3/b10-9+. The molecule has 3 aromatic rings. The Morgan fingerprint density at radius 2 is 1.96 bits per heavy atom. The van der Waals surface area contributed by atoms with E-state index in [1.54, 1.807) is 22.9 Å². The van der Waals surface area contributed by atoms with E-state index in [1.165, 1.54) is 18.2 Å². The average molecular weight is 369 g/mol. The van der Waals surface area contributed by atoms with Crippen molar-refractivity contribution < 1.29 is 18.4 Å². The molecule has 0 radical (unpaired) electrons.